The summed E-state index contributed by atoms with van der Waals surface area (Å²) in [5.41, 5.74) is 0.912. The van der Waals surface area contributed by atoms with Crippen molar-refractivity contribution in [1.82, 2.24) is 0 Å². The SMILES string of the molecule is Cc1cc(C)c(S(=O)(=O)C[C@@H]2CC[C@@H](C(C)(C)O)OC2)cc1Br. The molecule has 2 atom stereocenters. The zero-order valence-electron chi connectivity index (χ0n) is 14.1. The summed E-state index contributed by atoms with van der Waals surface area (Å²) < 4.78 is 32.0. The van der Waals surface area contributed by atoms with Crippen molar-refractivity contribution in [3.05, 3.63) is 27.7 Å². The van der Waals surface area contributed by atoms with Crippen LogP contribution in [0.5, 0.6) is 0 Å². The van der Waals surface area contributed by atoms with E-state index in [0.29, 0.717) is 17.9 Å². The molecule has 6 heteroatoms. The first-order valence-electron chi connectivity index (χ1n) is 7.84. The zero-order chi connectivity index (χ0) is 17.4. The lowest BCUT2D eigenvalue weighted by Crippen LogP contribution is -2.43. The number of hydrogen-bond donors (Lipinski definition) is 1. The average molecular weight is 405 g/mol. The van der Waals surface area contributed by atoms with Gasteiger partial charge in [0.15, 0.2) is 9.84 Å². The second kappa shape index (κ2) is 6.82. The lowest BCUT2D eigenvalue weighted by Gasteiger charge is -2.35. The molecule has 1 fully saturated rings. The molecule has 1 heterocycles. The van der Waals surface area contributed by atoms with Gasteiger partial charge in [-0.2, -0.15) is 0 Å². The van der Waals surface area contributed by atoms with Gasteiger partial charge >= 0.3 is 0 Å². The van der Waals surface area contributed by atoms with E-state index in [9.17, 15) is 13.5 Å². The van der Waals surface area contributed by atoms with Gasteiger partial charge in [-0.1, -0.05) is 22.0 Å². The molecule has 0 amide bonds. The van der Waals surface area contributed by atoms with E-state index in [1.165, 1.54) is 0 Å². The van der Waals surface area contributed by atoms with Crippen LogP contribution in [0.4, 0.5) is 0 Å². The summed E-state index contributed by atoms with van der Waals surface area (Å²) in [6, 6.07) is 3.59. The molecule has 23 heavy (non-hydrogen) atoms. The Balaban J connectivity index is 2.10. The standard InChI is InChI=1S/C17H25BrO4S/c1-11-7-12(2)15(8-14(11)18)23(20,21)10-13-5-6-16(22-9-13)17(3,4)19/h7-8,13,16,19H,5-6,9-10H2,1-4H3/t13-,16+/m1/s1. The van der Waals surface area contributed by atoms with E-state index in [-0.39, 0.29) is 17.8 Å². The summed E-state index contributed by atoms with van der Waals surface area (Å²) in [5, 5.41) is 9.98. The topological polar surface area (TPSA) is 63.6 Å². The Morgan fingerprint density at radius 3 is 2.43 bits per heavy atom. The molecular formula is C17H25BrO4S. The number of rotatable bonds is 4. The van der Waals surface area contributed by atoms with Gasteiger partial charge in [0, 0.05) is 4.47 Å². The van der Waals surface area contributed by atoms with Crippen molar-refractivity contribution < 1.29 is 18.3 Å². The zero-order valence-corrected chi connectivity index (χ0v) is 16.5. The number of benzene rings is 1. The summed E-state index contributed by atoms with van der Waals surface area (Å²) in [7, 11) is -3.36. The third-order valence-electron chi connectivity index (χ3n) is 4.40. The Morgan fingerprint density at radius 1 is 1.26 bits per heavy atom. The smallest absolute Gasteiger partial charge is 0.179 e. The number of aryl methyl sites for hydroxylation is 2. The summed E-state index contributed by atoms with van der Waals surface area (Å²) in [4.78, 5) is 0.389. The lowest BCUT2D eigenvalue weighted by molar-refractivity contribution is -0.119. The average Bonchev–Trinajstić information content (AvgIpc) is 2.41. The van der Waals surface area contributed by atoms with Crippen LogP contribution in [0, 0.1) is 19.8 Å². The molecule has 0 aromatic heterocycles. The van der Waals surface area contributed by atoms with Crippen molar-refractivity contribution in [2.75, 3.05) is 12.4 Å². The van der Waals surface area contributed by atoms with Crippen molar-refractivity contribution in [2.45, 2.75) is 57.1 Å². The number of sulfone groups is 1. The van der Waals surface area contributed by atoms with Gasteiger partial charge in [0.25, 0.3) is 0 Å². The molecule has 1 saturated heterocycles. The minimum atomic E-state index is -3.36. The Hall–Kier alpha value is -0.430. The summed E-state index contributed by atoms with van der Waals surface area (Å²) in [5.74, 6) is 0.0557. The molecule has 0 unspecified atom stereocenters. The van der Waals surface area contributed by atoms with Crippen molar-refractivity contribution in [3.8, 4) is 0 Å². The van der Waals surface area contributed by atoms with Crippen molar-refractivity contribution in [1.29, 1.82) is 0 Å². The third kappa shape index (κ3) is 4.56. The van der Waals surface area contributed by atoms with E-state index in [2.05, 4.69) is 15.9 Å². The van der Waals surface area contributed by atoms with Crippen LogP contribution in [0.15, 0.2) is 21.5 Å². The normalized spacial score (nSPS) is 23.0. The maximum Gasteiger partial charge on any atom is 0.179 e. The van der Waals surface area contributed by atoms with Gasteiger partial charge in [-0.25, -0.2) is 8.42 Å². The largest absolute Gasteiger partial charge is 0.388 e. The molecular weight excluding hydrogens is 380 g/mol. The Morgan fingerprint density at radius 2 is 1.91 bits per heavy atom. The van der Waals surface area contributed by atoms with Gasteiger partial charge in [-0.3, -0.25) is 0 Å². The van der Waals surface area contributed by atoms with Gasteiger partial charge < -0.3 is 9.84 Å². The van der Waals surface area contributed by atoms with E-state index in [0.717, 1.165) is 22.0 Å². The molecule has 1 aromatic rings. The first-order chi connectivity index (χ1) is 10.5. The molecule has 1 aromatic carbocycles. The van der Waals surface area contributed by atoms with E-state index < -0.39 is 15.4 Å². The van der Waals surface area contributed by atoms with Crippen LogP contribution in [0.1, 0.15) is 37.8 Å². The fourth-order valence-corrected chi connectivity index (χ4v) is 5.44. The summed E-state index contributed by atoms with van der Waals surface area (Å²) >= 11 is 3.41. The van der Waals surface area contributed by atoms with Crippen molar-refractivity contribution in [3.63, 3.8) is 0 Å². The highest BCUT2D eigenvalue weighted by Gasteiger charge is 2.34. The quantitative estimate of drug-likeness (QED) is 0.834. The molecule has 4 nitrogen and oxygen atoms in total. The summed E-state index contributed by atoms with van der Waals surface area (Å²) in [6.45, 7) is 7.59. The van der Waals surface area contributed by atoms with Crippen molar-refractivity contribution in [2.24, 2.45) is 5.92 Å². The number of aliphatic hydroxyl groups is 1. The lowest BCUT2D eigenvalue weighted by atomic mass is 9.91. The highest BCUT2D eigenvalue weighted by molar-refractivity contribution is 9.10. The maximum absolute atomic E-state index is 12.7. The third-order valence-corrected chi connectivity index (χ3v) is 7.28. The molecule has 1 aliphatic heterocycles. The number of halogens is 1. The van der Waals surface area contributed by atoms with Crippen LogP contribution >= 0.6 is 15.9 Å². The molecule has 0 aliphatic carbocycles. The van der Waals surface area contributed by atoms with Crippen LogP contribution in [0.3, 0.4) is 0 Å². The van der Waals surface area contributed by atoms with Gasteiger partial charge in [0.1, 0.15) is 0 Å². The second-order valence-electron chi connectivity index (χ2n) is 7.07. The predicted octanol–water partition coefficient (Wildman–Crippen LogP) is 3.41. The highest BCUT2D eigenvalue weighted by Crippen LogP contribution is 2.30. The maximum atomic E-state index is 12.7. The molecule has 0 saturated carbocycles. The number of ether oxygens (including phenoxy) is 1. The van der Waals surface area contributed by atoms with Crippen LogP contribution < -0.4 is 0 Å². The first kappa shape index (κ1) is 18.9. The van der Waals surface area contributed by atoms with Gasteiger partial charge in [0.2, 0.25) is 0 Å². The summed E-state index contributed by atoms with van der Waals surface area (Å²) in [6.07, 6.45) is 1.21. The van der Waals surface area contributed by atoms with Crippen molar-refractivity contribution >= 4 is 25.8 Å². The minimum Gasteiger partial charge on any atom is -0.388 e. The Labute approximate surface area is 147 Å². The molecule has 2 rings (SSSR count). The van der Waals surface area contributed by atoms with E-state index in [1.807, 2.05) is 19.9 Å². The van der Waals surface area contributed by atoms with Crippen LogP contribution in [0.2, 0.25) is 0 Å². The van der Waals surface area contributed by atoms with E-state index in [4.69, 9.17) is 4.74 Å². The van der Waals surface area contributed by atoms with E-state index >= 15 is 0 Å². The fraction of sp³-hybridized carbons (Fsp3) is 0.647. The molecule has 1 aliphatic rings. The first-order valence-corrected chi connectivity index (χ1v) is 10.3. The molecule has 0 spiro atoms. The van der Waals surface area contributed by atoms with Gasteiger partial charge in [0.05, 0.1) is 29.0 Å². The Bertz CT molecular complexity index is 669. The molecule has 130 valence electrons. The van der Waals surface area contributed by atoms with Crippen LogP contribution in [-0.2, 0) is 14.6 Å². The molecule has 0 radical (unpaired) electrons. The van der Waals surface area contributed by atoms with Crippen LogP contribution in [-0.4, -0.2) is 37.6 Å². The van der Waals surface area contributed by atoms with E-state index in [1.54, 1.807) is 19.9 Å². The monoisotopic (exact) mass is 404 g/mol. The van der Waals surface area contributed by atoms with Gasteiger partial charge in [-0.05, 0) is 63.6 Å². The fourth-order valence-electron chi connectivity index (χ4n) is 3.04. The second-order valence-corrected chi connectivity index (χ2v) is 9.92. The molecule has 0 bridgehead atoms. The minimum absolute atomic E-state index is 0.0296. The highest BCUT2D eigenvalue weighted by atomic mass is 79.9. The predicted molar refractivity (Wildman–Crippen MR) is 94.4 cm³/mol. The van der Waals surface area contributed by atoms with Gasteiger partial charge in [-0.15, -0.1) is 0 Å². The van der Waals surface area contributed by atoms with Crippen LogP contribution in [0.25, 0.3) is 0 Å². The number of hydrogen-bond acceptors (Lipinski definition) is 4. The Kier molecular flexibility index (Phi) is 5.61. The molecule has 1 N–H and O–H groups in total.